The number of nitrogens with one attached hydrogen (secondary N) is 11. The molecule has 12 amide bonds. The summed E-state index contributed by atoms with van der Waals surface area (Å²) in [4.78, 5) is 206. The highest BCUT2D eigenvalue weighted by atomic mass is 33.1. The largest absolute Gasteiger partial charge is 0.508 e. The number of benzene rings is 3. The number of primary amides is 1. The highest BCUT2D eigenvalue weighted by Crippen LogP contribution is 2.30. The van der Waals surface area contributed by atoms with Crippen LogP contribution in [0.15, 0.2) is 84.0 Å². The lowest BCUT2D eigenvalue weighted by Gasteiger charge is -2.30. The van der Waals surface area contributed by atoms with Crippen molar-refractivity contribution in [3.8, 4) is 5.75 Å². The van der Waals surface area contributed by atoms with E-state index < -0.39 is 188 Å². The fourth-order valence-corrected chi connectivity index (χ4v) is 15.0. The van der Waals surface area contributed by atoms with E-state index in [1.54, 1.807) is 61.7 Å². The van der Waals surface area contributed by atoms with Crippen molar-refractivity contribution < 1.29 is 82.4 Å². The van der Waals surface area contributed by atoms with Gasteiger partial charge in [0.1, 0.15) is 66.2 Å². The standard InChI is InChI=1S/C71H97N17O17S2/c1-38-15-17-40(18-16-38)32-51-65(100)80-47(13-7-28-77-71(74)75)62(97)76-29-27-56(90)79-48(23-25-58(92)93)63(98)82-52(34-43-35-78-46-12-6-5-11-45(43)46)67(102)81-49(24-26-59(94)95)64(99)85-53(61(73)96)36-106-107-37-54(68(103)87-60(70(105)84-51)42-9-3-4-10-42)86-66(101)50(33-41-19-21-44(89)22-20-41)83-69(104)55-14-8-30-88(55)57(91)31-39(2)72/h5-6,11-12,15-22,35,39,42,47-55,60,78,89H,3-4,7-10,13-14,23-34,36-37,72H2,1-2H3,(H2,73,96)(H,76,97)(H,79,90)(H,80,100)(H,81,102)(H,82,98)(H,83,104)(H,84,105)(H,85,99)(H,86,101)(H,87,103)(H,92,93)(H,94,95)(H4,74,75,77)/t39-,47+,48+,49+,50+,51+,52+,53-,54+,55+,60+/m1/s1. The van der Waals surface area contributed by atoms with Crippen LogP contribution >= 0.6 is 21.6 Å². The first kappa shape index (κ1) is 83.8. The predicted octanol–water partition coefficient (Wildman–Crippen LogP) is -1.34. The van der Waals surface area contributed by atoms with Gasteiger partial charge >= 0.3 is 11.9 Å². The van der Waals surface area contributed by atoms with Crippen molar-refractivity contribution in [2.45, 2.75) is 189 Å². The van der Waals surface area contributed by atoms with Crippen LogP contribution < -0.4 is 76.1 Å². The van der Waals surface area contributed by atoms with Crippen molar-refractivity contribution >= 4 is 121 Å². The van der Waals surface area contributed by atoms with Crippen LogP contribution in [0.25, 0.3) is 10.9 Å². The molecule has 0 unspecified atom stereocenters. The minimum Gasteiger partial charge on any atom is -0.508 e. The summed E-state index contributed by atoms with van der Waals surface area (Å²) in [5.74, 6) is -15.1. The number of nitrogens with two attached hydrogens (primary N) is 4. The topological polar surface area (TPSA) is 555 Å². The minimum atomic E-state index is -1.75. The molecule has 2 saturated heterocycles. The number of H-pyrrole nitrogens is 1. The number of phenols is 1. The molecular formula is C71H97N17O17S2. The van der Waals surface area contributed by atoms with Gasteiger partial charge in [0.15, 0.2) is 5.96 Å². The molecule has 11 atom stereocenters. The summed E-state index contributed by atoms with van der Waals surface area (Å²) in [5.41, 5.74) is 26.1. The van der Waals surface area contributed by atoms with Gasteiger partial charge in [0, 0.05) is 99.2 Å². The maximum Gasteiger partial charge on any atom is 0.303 e. The number of aryl methyl sites for hydroxylation is 1. The van der Waals surface area contributed by atoms with Crippen molar-refractivity contribution in [2.75, 3.05) is 31.1 Å². The van der Waals surface area contributed by atoms with Gasteiger partial charge < -0.3 is 101 Å². The third-order valence-electron chi connectivity index (χ3n) is 18.4. The summed E-state index contributed by atoms with van der Waals surface area (Å²) >= 11 is 0. The number of likely N-dealkylation sites (tertiary alicyclic amines) is 1. The first-order valence-corrected chi connectivity index (χ1v) is 38.0. The molecule has 0 bridgehead atoms. The molecule has 1 aromatic heterocycles. The van der Waals surface area contributed by atoms with Gasteiger partial charge in [-0.3, -0.25) is 72.1 Å². The maximum atomic E-state index is 15.3. The van der Waals surface area contributed by atoms with Crippen LogP contribution in [0.4, 0.5) is 0 Å². The Hall–Kier alpha value is -10.5. The van der Waals surface area contributed by atoms with Crippen molar-refractivity contribution in [3.05, 3.63) is 101 Å². The van der Waals surface area contributed by atoms with E-state index in [9.17, 15) is 68.1 Å². The Bertz CT molecular complexity index is 3850. The Morgan fingerprint density at radius 2 is 1.24 bits per heavy atom. The number of guanidine groups is 1. The van der Waals surface area contributed by atoms with Gasteiger partial charge in [-0.25, -0.2) is 0 Å². The van der Waals surface area contributed by atoms with Crippen LogP contribution in [0.5, 0.6) is 5.75 Å². The normalized spacial score (nSPS) is 23.1. The Kier molecular flexibility index (Phi) is 32.4. The monoisotopic (exact) mass is 1520 g/mol. The number of aliphatic carboxylic acids is 2. The zero-order chi connectivity index (χ0) is 77.9. The van der Waals surface area contributed by atoms with Crippen molar-refractivity contribution in [1.29, 1.82) is 0 Å². The number of phenolic OH excluding ortho intramolecular Hbond substituents is 1. The zero-order valence-corrected chi connectivity index (χ0v) is 61.2. The molecule has 107 heavy (non-hydrogen) atoms. The van der Waals surface area contributed by atoms with E-state index in [4.69, 9.17) is 22.9 Å². The number of hydrogen-bond acceptors (Lipinski definition) is 19. The fourth-order valence-electron chi connectivity index (χ4n) is 12.7. The second-order valence-corrected chi connectivity index (χ2v) is 29.5. The molecule has 1 aliphatic carbocycles. The molecule has 580 valence electrons. The van der Waals surface area contributed by atoms with E-state index in [1.807, 2.05) is 6.92 Å². The number of carbonyl (C=O) groups excluding carboxylic acids is 12. The lowest BCUT2D eigenvalue weighted by Crippen LogP contribution is -2.61. The Labute approximate surface area is 625 Å². The highest BCUT2D eigenvalue weighted by molar-refractivity contribution is 8.76. The predicted molar refractivity (Wildman–Crippen MR) is 396 cm³/mol. The molecule has 3 aromatic carbocycles. The molecular weight excluding hydrogens is 1430 g/mol. The van der Waals surface area contributed by atoms with Crippen LogP contribution in [0, 0.1) is 12.8 Å². The molecule has 36 heteroatoms. The number of hydrogen-bond donors (Lipinski definition) is 18. The number of carboxylic acid groups (broad SMARTS) is 2. The van der Waals surface area contributed by atoms with Crippen LogP contribution in [-0.2, 0) is 86.4 Å². The van der Waals surface area contributed by atoms with Gasteiger partial charge in [0.05, 0.1) is 0 Å². The molecule has 4 aromatic rings. The summed E-state index contributed by atoms with van der Waals surface area (Å²) in [7, 11) is 1.75. The summed E-state index contributed by atoms with van der Waals surface area (Å²) in [6.07, 6.45) is 0.557. The number of aliphatic imine (C=N–C) groups is 1. The van der Waals surface area contributed by atoms with E-state index in [-0.39, 0.29) is 87.2 Å². The van der Waals surface area contributed by atoms with Gasteiger partial charge in [-0.2, -0.15) is 0 Å². The van der Waals surface area contributed by atoms with Crippen LogP contribution in [0.2, 0.25) is 0 Å². The molecule has 0 radical (unpaired) electrons. The maximum absolute atomic E-state index is 15.3. The van der Waals surface area contributed by atoms with Gasteiger partial charge in [-0.1, -0.05) is 94.6 Å². The SMILES string of the molecule is Cc1ccc(C[C@@H]2NC(=O)[C@H](C3CCCC3)NC(=O)[C@@H](NC(=O)[C@H](Cc3ccc(O)cc3)NC(=O)[C@@H]3CCCN3C(=O)C[C@@H](C)N)CSSC[C@H](C(N)=O)NC(=O)[C@H](CCC(=O)O)NC(=O)[C@H](Cc3c[nH]c4ccccc34)NC(=O)[C@H](CCC(=O)O)NC(=O)CCNC(=O)[C@H](CCCN=C(N)N)NC2=O)cc1. The van der Waals surface area contributed by atoms with Gasteiger partial charge in [0.2, 0.25) is 70.9 Å². The van der Waals surface area contributed by atoms with E-state index in [2.05, 4.69) is 63.1 Å². The van der Waals surface area contributed by atoms with Crippen LogP contribution in [-0.4, -0.2) is 212 Å². The second-order valence-electron chi connectivity index (χ2n) is 27.0. The third kappa shape index (κ3) is 26.8. The van der Waals surface area contributed by atoms with Gasteiger partial charge in [-0.15, -0.1) is 0 Å². The molecule has 7 rings (SSSR count). The smallest absolute Gasteiger partial charge is 0.303 e. The van der Waals surface area contributed by atoms with E-state index in [0.717, 1.165) is 27.2 Å². The number of fused-ring (bicyclic) bond motifs is 1. The van der Waals surface area contributed by atoms with E-state index in [1.165, 1.54) is 29.2 Å². The second kappa shape index (κ2) is 41.4. The molecule has 3 fully saturated rings. The summed E-state index contributed by atoms with van der Waals surface area (Å²) in [5, 5.41) is 57.0. The molecule has 3 aliphatic rings. The number of aromatic nitrogens is 1. The molecule has 3 heterocycles. The lowest BCUT2D eigenvalue weighted by molar-refractivity contribution is -0.140. The number of carboxylic acids is 2. The van der Waals surface area contributed by atoms with E-state index in [0.29, 0.717) is 59.7 Å². The molecule has 34 nitrogen and oxygen atoms in total. The Morgan fingerprint density at radius 3 is 1.89 bits per heavy atom. The summed E-state index contributed by atoms with van der Waals surface area (Å²) in [6, 6.07) is 4.16. The van der Waals surface area contributed by atoms with Crippen LogP contribution in [0.3, 0.4) is 0 Å². The number of para-hydroxylation sites is 1. The van der Waals surface area contributed by atoms with Crippen molar-refractivity contribution in [2.24, 2.45) is 33.8 Å². The van der Waals surface area contributed by atoms with E-state index >= 15 is 14.4 Å². The number of aromatic hydroxyl groups is 1. The average Bonchev–Trinajstić information content (AvgIpc) is 1.74. The minimum absolute atomic E-state index is 0.00189. The Balaban J connectivity index is 1.28. The number of carbonyl (C=O) groups is 14. The summed E-state index contributed by atoms with van der Waals surface area (Å²) in [6.45, 7) is 3.29. The molecule has 1 saturated carbocycles. The Morgan fingerprint density at radius 1 is 0.654 bits per heavy atom. The number of nitrogens with zero attached hydrogens (tertiary/aromatic N) is 2. The lowest BCUT2D eigenvalue weighted by atomic mass is 9.95. The first-order chi connectivity index (χ1) is 51.0. The van der Waals surface area contributed by atoms with Crippen LogP contribution in [0.1, 0.15) is 119 Å². The molecule has 22 N–H and O–H groups in total. The number of aromatic amines is 1. The quantitative estimate of drug-likeness (QED) is 0.0167. The number of rotatable bonds is 24. The molecule has 2 aliphatic heterocycles. The van der Waals surface area contributed by atoms with Crippen molar-refractivity contribution in [1.82, 2.24) is 63.1 Å². The fraction of sp³-hybridized carbons (Fsp3) is 0.507. The zero-order valence-electron chi connectivity index (χ0n) is 59.6. The number of amides is 12. The van der Waals surface area contributed by atoms with Gasteiger partial charge in [0.25, 0.3) is 0 Å². The first-order valence-electron chi connectivity index (χ1n) is 35.5. The summed E-state index contributed by atoms with van der Waals surface area (Å²) < 4.78 is 0. The average molecular weight is 1520 g/mol. The molecule has 0 spiro atoms. The van der Waals surface area contributed by atoms with Crippen molar-refractivity contribution in [3.63, 3.8) is 0 Å². The van der Waals surface area contributed by atoms with Gasteiger partial charge in [-0.05, 0) is 106 Å². The third-order valence-corrected chi connectivity index (χ3v) is 20.8. The highest BCUT2D eigenvalue weighted by Gasteiger charge is 2.41.